The minimum absolute atomic E-state index is 0.102. The van der Waals surface area contributed by atoms with Gasteiger partial charge in [0.1, 0.15) is 17.1 Å². The molecule has 0 radical (unpaired) electrons. The van der Waals surface area contributed by atoms with Gasteiger partial charge in [0.2, 0.25) is 0 Å². The Balaban J connectivity index is 1.78. The number of ether oxygens (including phenoxy) is 2. The molecule has 3 rings (SSSR count). The lowest BCUT2D eigenvalue weighted by molar-refractivity contribution is -0.128. The third-order valence-electron chi connectivity index (χ3n) is 5.41. The third kappa shape index (κ3) is 4.92. The molecule has 1 heterocycles. The van der Waals surface area contributed by atoms with Crippen LogP contribution in [-0.4, -0.2) is 17.6 Å². The second kappa shape index (κ2) is 8.10. The quantitative estimate of drug-likeness (QED) is 0.715. The summed E-state index contributed by atoms with van der Waals surface area (Å²) in [5, 5.41) is 3.19. The van der Waals surface area contributed by atoms with Crippen molar-refractivity contribution >= 4 is 5.91 Å². The van der Waals surface area contributed by atoms with Crippen LogP contribution in [0.25, 0.3) is 0 Å². The second-order valence-electron chi connectivity index (χ2n) is 9.12. The molecular weight excluding hydrogens is 362 g/mol. The third-order valence-corrected chi connectivity index (χ3v) is 5.41. The molecule has 0 fully saturated rings. The summed E-state index contributed by atoms with van der Waals surface area (Å²) >= 11 is 0. The highest BCUT2D eigenvalue weighted by molar-refractivity contribution is 5.81. The van der Waals surface area contributed by atoms with Gasteiger partial charge in [-0.05, 0) is 69.4 Å². The summed E-state index contributed by atoms with van der Waals surface area (Å²) in [4.78, 5) is 13.0. The van der Waals surface area contributed by atoms with Gasteiger partial charge in [0, 0.05) is 12.0 Å². The van der Waals surface area contributed by atoms with Crippen molar-refractivity contribution < 1.29 is 14.3 Å². The van der Waals surface area contributed by atoms with Crippen LogP contribution in [-0.2, 0) is 4.79 Å². The van der Waals surface area contributed by atoms with Crippen molar-refractivity contribution in [2.45, 2.75) is 78.6 Å². The molecule has 1 N–H and O–H groups in total. The van der Waals surface area contributed by atoms with E-state index in [1.165, 1.54) is 0 Å². The van der Waals surface area contributed by atoms with Crippen molar-refractivity contribution in [2.75, 3.05) is 0 Å². The van der Waals surface area contributed by atoms with E-state index in [0.717, 1.165) is 33.8 Å². The zero-order chi connectivity index (χ0) is 21.3. The highest BCUT2D eigenvalue weighted by atomic mass is 16.5. The molecule has 2 atom stereocenters. The van der Waals surface area contributed by atoms with Crippen molar-refractivity contribution in [1.29, 1.82) is 0 Å². The van der Waals surface area contributed by atoms with Crippen LogP contribution in [0, 0.1) is 13.8 Å². The fourth-order valence-electron chi connectivity index (χ4n) is 3.84. The molecule has 4 nitrogen and oxygen atoms in total. The largest absolute Gasteiger partial charge is 0.487 e. The first kappa shape index (κ1) is 21.2. The maximum absolute atomic E-state index is 13.0. The van der Waals surface area contributed by atoms with Crippen LogP contribution in [0.4, 0.5) is 0 Å². The van der Waals surface area contributed by atoms with Crippen molar-refractivity contribution in [2.24, 2.45) is 0 Å². The fourth-order valence-corrected chi connectivity index (χ4v) is 3.84. The Kier molecular flexibility index (Phi) is 5.92. The van der Waals surface area contributed by atoms with Crippen LogP contribution in [0.3, 0.4) is 0 Å². The van der Waals surface area contributed by atoms with Gasteiger partial charge < -0.3 is 14.8 Å². The van der Waals surface area contributed by atoms with Crippen LogP contribution in [0.1, 0.15) is 75.3 Å². The van der Waals surface area contributed by atoms with Gasteiger partial charge in [-0.15, -0.1) is 0 Å². The number of carbonyl (C=O) groups is 1. The Labute approximate surface area is 174 Å². The number of nitrogens with one attached hydrogen (secondary N) is 1. The highest BCUT2D eigenvalue weighted by Gasteiger charge is 2.35. The second-order valence-corrected chi connectivity index (χ2v) is 9.12. The van der Waals surface area contributed by atoms with Gasteiger partial charge >= 0.3 is 0 Å². The van der Waals surface area contributed by atoms with E-state index >= 15 is 0 Å². The molecule has 1 aliphatic rings. The molecule has 29 heavy (non-hydrogen) atoms. The summed E-state index contributed by atoms with van der Waals surface area (Å²) < 4.78 is 12.2. The molecule has 0 aliphatic carbocycles. The Bertz CT molecular complexity index is 901. The maximum Gasteiger partial charge on any atom is 0.261 e. The van der Waals surface area contributed by atoms with Crippen molar-refractivity contribution in [3.05, 3.63) is 58.7 Å². The Hall–Kier alpha value is -2.49. The predicted octanol–water partition coefficient (Wildman–Crippen LogP) is 5.61. The first-order chi connectivity index (χ1) is 13.6. The normalized spacial score (nSPS) is 18.6. The van der Waals surface area contributed by atoms with Crippen LogP contribution >= 0.6 is 0 Å². The molecule has 4 heteroatoms. The molecular formula is C25H33NO3. The number of hydrogen-bond acceptors (Lipinski definition) is 3. The topological polar surface area (TPSA) is 47.6 Å². The van der Waals surface area contributed by atoms with Crippen molar-refractivity contribution in [3.8, 4) is 11.5 Å². The lowest BCUT2D eigenvalue weighted by Gasteiger charge is -2.38. The SMILES string of the molecule is Cc1ccc(C(C)C)c(O[C@@H](C)C(=O)N[C@H]2CC(C)(C)Oc3cc(C)ccc32)c1. The average molecular weight is 396 g/mol. The predicted molar refractivity (Wildman–Crippen MR) is 117 cm³/mol. The van der Waals surface area contributed by atoms with E-state index in [9.17, 15) is 4.79 Å². The van der Waals surface area contributed by atoms with Gasteiger partial charge in [-0.2, -0.15) is 0 Å². The van der Waals surface area contributed by atoms with Gasteiger partial charge in [0.05, 0.1) is 6.04 Å². The van der Waals surface area contributed by atoms with Crippen molar-refractivity contribution in [3.63, 3.8) is 0 Å². The van der Waals surface area contributed by atoms with Crippen LogP contribution in [0.5, 0.6) is 11.5 Å². The number of aryl methyl sites for hydroxylation is 2. The summed E-state index contributed by atoms with van der Waals surface area (Å²) in [5.74, 6) is 1.84. The minimum atomic E-state index is -0.589. The summed E-state index contributed by atoms with van der Waals surface area (Å²) in [5.41, 5.74) is 4.05. The van der Waals surface area contributed by atoms with E-state index < -0.39 is 6.10 Å². The number of carbonyl (C=O) groups excluding carboxylic acids is 1. The maximum atomic E-state index is 13.0. The van der Waals surface area contributed by atoms with E-state index in [4.69, 9.17) is 9.47 Å². The van der Waals surface area contributed by atoms with Gasteiger partial charge in [0.25, 0.3) is 5.91 Å². The fraction of sp³-hybridized carbons (Fsp3) is 0.480. The molecule has 0 unspecified atom stereocenters. The molecule has 2 aromatic carbocycles. The molecule has 0 saturated heterocycles. The molecule has 156 valence electrons. The van der Waals surface area contributed by atoms with Gasteiger partial charge in [-0.1, -0.05) is 38.1 Å². The summed E-state index contributed by atoms with van der Waals surface area (Å²) in [6, 6.07) is 12.2. The van der Waals surface area contributed by atoms with Crippen LogP contribution < -0.4 is 14.8 Å². The first-order valence-corrected chi connectivity index (χ1v) is 10.4. The zero-order valence-electron chi connectivity index (χ0n) is 18.6. The molecule has 0 aromatic heterocycles. The molecule has 0 saturated carbocycles. The van der Waals surface area contributed by atoms with Gasteiger partial charge in [-0.3, -0.25) is 4.79 Å². The smallest absolute Gasteiger partial charge is 0.261 e. The average Bonchev–Trinajstić information content (AvgIpc) is 2.59. The van der Waals surface area contributed by atoms with Crippen molar-refractivity contribution in [1.82, 2.24) is 5.32 Å². The number of amides is 1. The molecule has 0 spiro atoms. The van der Waals surface area contributed by atoms with E-state index in [1.54, 1.807) is 0 Å². The number of hydrogen-bond donors (Lipinski definition) is 1. The van der Waals surface area contributed by atoms with Crippen LogP contribution in [0.2, 0.25) is 0 Å². The lowest BCUT2D eigenvalue weighted by Crippen LogP contribution is -2.44. The van der Waals surface area contributed by atoms with Gasteiger partial charge in [-0.25, -0.2) is 0 Å². The van der Waals surface area contributed by atoms with Gasteiger partial charge in [0.15, 0.2) is 6.10 Å². The van der Waals surface area contributed by atoms with E-state index in [0.29, 0.717) is 12.3 Å². The lowest BCUT2D eigenvalue weighted by atomic mass is 9.89. The number of rotatable bonds is 5. The first-order valence-electron chi connectivity index (χ1n) is 10.4. The Morgan fingerprint density at radius 1 is 1.10 bits per heavy atom. The summed E-state index contributed by atoms with van der Waals surface area (Å²) in [6.45, 7) is 14.3. The van der Waals surface area contributed by atoms with E-state index in [2.05, 4.69) is 51.2 Å². The van der Waals surface area contributed by atoms with Crippen LogP contribution in [0.15, 0.2) is 36.4 Å². The van der Waals surface area contributed by atoms with E-state index in [1.807, 2.05) is 39.0 Å². The minimum Gasteiger partial charge on any atom is -0.487 e. The summed E-state index contributed by atoms with van der Waals surface area (Å²) in [6.07, 6.45) is 0.123. The van der Waals surface area contributed by atoms with E-state index in [-0.39, 0.29) is 17.6 Å². The highest BCUT2D eigenvalue weighted by Crippen LogP contribution is 2.40. The monoisotopic (exact) mass is 395 g/mol. The number of benzene rings is 2. The Morgan fingerprint density at radius 2 is 1.76 bits per heavy atom. The molecule has 1 amide bonds. The number of fused-ring (bicyclic) bond motifs is 1. The molecule has 2 aromatic rings. The molecule has 1 aliphatic heterocycles. The zero-order valence-corrected chi connectivity index (χ0v) is 18.6. The molecule has 0 bridgehead atoms. The standard InChI is InChI=1S/C25H33NO3/c1-15(2)19-10-8-16(3)12-22(19)28-18(5)24(27)26-21-14-25(6,7)29-23-13-17(4)9-11-20(21)23/h8-13,15,18,21H,14H2,1-7H3,(H,26,27)/t18-,21-/m0/s1. The Morgan fingerprint density at radius 3 is 2.45 bits per heavy atom. The summed E-state index contributed by atoms with van der Waals surface area (Å²) in [7, 11) is 0.